The van der Waals surface area contributed by atoms with E-state index in [1.54, 1.807) is 12.1 Å². The van der Waals surface area contributed by atoms with Crippen molar-refractivity contribution in [1.82, 2.24) is 5.32 Å². The van der Waals surface area contributed by atoms with Gasteiger partial charge in [-0.15, -0.1) is 13.2 Å². The second kappa shape index (κ2) is 13.7. The first-order valence-electron chi connectivity index (χ1n) is 13.0. The Bertz CT molecular complexity index is 1010. The number of unbranched alkanes of at least 4 members (excludes halogenated alkanes) is 1. The quantitative estimate of drug-likeness (QED) is 0.156. The van der Waals surface area contributed by atoms with E-state index in [9.17, 15) is 17.7 Å². The first kappa shape index (κ1) is 29.5. The van der Waals surface area contributed by atoms with E-state index in [-0.39, 0.29) is 36.0 Å². The average molecular weight is 543 g/mol. The number of alkyl halides is 3. The third kappa shape index (κ3) is 10.3. The van der Waals surface area contributed by atoms with Crippen LogP contribution in [0.15, 0.2) is 48.5 Å². The molecule has 1 aliphatic carbocycles. The Morgan fingerprint density at radius 3 is 2.35 bits per heavy atom. The van der Waals surface area contributed by atoms with E-state index in [0.717, 1.165) is 19.3 Å². The van der Waals surface area contributed by atoms with Crippen LogP contribution in [0.5, 0.6) is 5.75 Å². The van der Waals surface area contributed by atoms with Crippen LogP contribution in [-0.2, 0) is 16.5 Å². The summed E-state index contributed by atoms with van der Waals surface area (Å²) >= 11 is 0. The number of hydrogen-bond donors (Lipinski definition) is 4. The van der Waals surface area contributed by atoms with E-state index in [0.29, 0.717) is 18.7 Å². The van der Waals surface area contributed by atoms with Gasteiger partial charge in [-0.1, -0.05) is 62.1 Å². The van der Waals surface area contributed by atoms with E-state index in [1.807, 2.05) is 6.07 Å². The summed E-state index contributed by atoms with van der Waals surface area (Å²) in [7, 11) is -4.05. The molecular weight excluding hydrogens is 504 g/mol. The Hall–Kier alpha value is -2.06. The van der Waals surface area contributed by atoms with Gasteiger partial charge >= 0.3 is 14.0 Å². The number of halogens is 3. The zero-order valence-corrected chi connectivity index (χ0v) is 22.0. The highest BCUT2D eigenvalue weighted by Gasteiger charge is 2.33. The van der Waals surface area contributed by atoms with Crippen LogP contribution in [0.1, 0.15) is 68.9 Å². The second-order valence-electron chi connectivity index (χ2n) is 9.89. The maximum atomic E-state index is 13.0. The standard InChI is InChI=1S/C27H38F3N2O4P/c28-27(29,30)36-25-20-22(21-31-17-9-19-37(33,34)35)12-13-24(25)32-18-8-7-16-26(14-5-2-6-15-26)23-10-3-1-4-11-23/h1,3-4,10-13,20,31-32H,2,5-9,14-19,21H2,(H2,33,34,35). The van der Waals surface area contributed by atoms with Crippen molar-refractivity contribution in [3.8, 4) is 5.75 Å². The Labute approximate surface area is 217 Å². The van der Waals surface area contributed by atoms with Gasteiger partial charge in [0.25, 0.3) is 0 Å². The number of anilines is 1. The summed E-state index contributed by atoms with van der Waals surface area (Å²) in [6.07, 6.45) is 4.21. The molecule has 1 fully saturated rings. The SMILES string of the molecule is O=P(O)(O)CCCNCc1ccc(NCCCCC2(c3ccccc3)CCCCC2)c(OC(F)(F)F)c1. The van der Waals surface area contributed by atoms with Crippen LogP contribution in [0.4, 0.5) is 18.9 Å². The Morgan fingerprint density at radius 1 is 0.946 bits per heavy atom. The molecule has 0 saturated heterocycles. The molecule has 0 bridgehead atoms. The Kier molecular flexibility index (Phi) is 10.9. The van der Waals surface area contributed by atoms with Crippen LogP contribution in [0.3, 0.4) is 0 Å². The summed E-state index contributed by atoms with van der Waals surface area (Å²) in [4.78, 5) is 17.8. The van der Waals surface area contributed by atoms with Crippen molar-refractivity contribution in [2.75, 3.05) is 24.6 Å². The van der Waals surface area contributed by atoms with Gasteiger partial charge in [-0.25, -0.2) is 0 Å². The Balaban J connectivity index is 1.53. The van der Waals surface area contributed by atoms with Crippen LogP contribution >= 0.6 is 7.60 Å². The lowest BCUT2D eigenvalue weighted by Crippen LogP contribution is -2.29. The lowest BCUT2D eigenvalue weighted by atomic mass is 9.67. The number of benzene rings is 2. The molecule has 10 heteroatoms. The molecule has 0 atom stereocenters. The van der Waals surface area contributed by atoms with Gasteiger partial charge < -0.3 is 25.2 Å². The molecule has 1 saturated carbocycles. The molecule has 0 amide bonds. The summed E-state index contributed by atoms with van der Waals surface area (Å²) < 4.78 is 54.3. The number of rotatable bonds is 14. The van der Waals surface area contributed by atoms with Crippen molar-refractivity contribution in [2.24, 2.45) is 0 Å². The smallest absolute Gasteiger partial charge is 0.404 e. The second-order valence-corrected chi connectivity index (χ2v) is 11.7. The monoisotopic (exact) mass is 542 g/mol. The zero-order valence-electron chi connectivity index (χ0n) is 21.1. The van der Waals surface area contributed by atoms with Crippen molar-refractivity contribution in [2.45, 2.75) is 76.1 Å². The Morgan fingerprint density at radius 2 is 1.68 bits per heavy atom. The minimum Gasteiger partial charge on any atom is -0.404 e. The summed E-state index contributed by atoms with van der Waals surface area (Å²) in [6, 6.07) is 15.3. The minimum atomic E-state index is -4.81. The third-order valence-corrected chi connectivity index (χ3v) is 7.90. The van der Waals surface area contributed by atoms with Gasteiger partial charge in [-0.3, -0.25) is 4.57 Å². The topological polar surface area (TPSA) is 90.8 Å². The van der Waals surface area contributed by atoms with Crippen LogP contribution in [0.2, 0.25) is 0 Å². The molecule has 0 aliphatic heterocycles. The van der Waals surface area contributed by atoms with Crippen molar-refractivity contribution < 1.29 is 32.3 Å². The molecule has 4 N–H and O–H groups in total. The summed E-state index contributed by atoms with van der Waals surface area (Å²) in [5, 5.41) is 6.11. The largest absolute Gasteiger partial charge is 0.573 e. The predicted molar refractivity (Wildman–Crippen MR) is 140 cm³/mol. The van der Waals surface area contributed by atoms with Gasteiger partial charge in [0.15, 0.2) is 5.75 Å². The van der Waals surface area contributed by atoms with E-state index < -0.39 is 14.0 Å². The van der Waals surface area contributed by atoms with Gasteiger partial charge in [0.2, 0.25) is 0 Å². The number of ether oxygens (including phenoxy) is 1. The van der Waals surface area contributed by atoms with Crippen molar-refractivity contribution >= 4 is 13.3 Å². The molecule has 2 aromatic carbocycles. The predicted octanol–water partition coefficient (Wildman–Crippen LogP) is 6.73. The highest BCUT2D eigenvalue weighted by molar-refractivity contribution is 7.51. The first-order chi connectivity index (χ1) is 17.6. The molecule has 206 valence electrons. The van der Waals surface area contributed by atoms with Gasteiger partial charge in [0.1, 0.15) is 0 Å². The van der Waals surface area contributed by atoms with Crippen LogP contribution in [-0.4, -0.2) is 35.4 Å². The lowest BCUT2D eigenvalue weighted by molar-refractivity contribution is -0.274. The maximum absolute atomic E-state index is 13.0. The van der Waals surface area contributed by atoms with E-state index in [4.69, 9.17) is 9.79 Å². The number of nitrogens with one attached hydrogen (secondary N) is 2. The van der Waals surface area contributed by atoms with Crippen molar-refractivity contribution in [3.05, 3.63) is 59.7 Å². The van der Waals surface area contributed by atoms with Gasteiger partial charge in [-0.05, 0) is 67.3 Å². The summed E-state index contributed by atoms with van der Waals surface area (Å²) in [5.74, 6) is -0.282. The molecule has 37 heavy (non-hydrogen) atoms. The highest BCUT2D eigenvalue weighted by atomic mass is 31.2. The minimum absolute atomic E-state index is 0.198. The maximum Gasteiger partial charge on any atom is 0.573 e. The normalized spacial score (nSPS) is 15.9. The van der Waals surface area contributed by atoms with Crippen LogP contribution in [0.25, 0.3) is 0 Å². The summed E-state index contributed by atoms with van der Waals surface area (Å²) in [5.41, 5.74) is 2.47. The lowest BCUT2D eigenvalue weighted by Gasteiger charge is -2.38. The average Bonchev–Trinajstić information content (AvgIpc) is 2.84. The fraction of sp³-hybridized carbons (Fsp3) is 0.556. The fourth-order valence-corrected chi connectivity index (χ4v) is 5.76. The molecule has 2 aromatic rings. The molecule has 0 heterocycles. The van der Waals surface area contributed by atoms with E-state index in [1.165, 1.54) is 43.7 Å². The van der Waals surface area contributed by atoms with E-state index in [2.05, 4.69) is 39.6 Å². The molecule has 0 aromatic heterocycles. The molecule has 6 nitrogen and oxygen atoms in total. The van der Waals surface area contributed by atoms with Gasteiger partial charge in [0, 0.05) is 13.1 Å². The molecule has 0 unspecified atom stereocenters. The van der Waals surface area contributed by atoms with Crippen LogP contribution in [0, 0.1) is 0 Å². The fourth-order valence-electron chi connectivity index (χ4n) is 5.19. The van der Waals surface area contributed by atoms with Crippen molar-refractivity contribution in [3.63, 3.8) is 0 Å². The first-order valence-corrected chi connectivity index (χ1v) is 14.8. The molecular formula is C27H38F3N2O4P. The van der Waals surface area contributed by atoms with Gasteiger partial charge in [0.05, 0.1) is 11.8 Å². The van der Waals surface area contributed by atoms with Crippen molar-refractivity contribution in [1.29, 1.82) is 0 Å². The van der Waals surface area contributed by atoms with E-state index >= 15 is 0 Å². The summed E-state index contributed by atoms with van der Waals surface area (Å²) in [6.45, 7) is 1.14. The zero-order chi connectivity index (χ0) is 26.8. The number of hydrogen-bond acceptors (Lipinski definition) is 4. The molecule has 0 radical (unpaired) electrons. The molecule has 3 rings (SSSR count). The van der Waals surface area contributed by atoms with Crippen LogP contribution < -0.4 is 15.4 Å². The van der Waals surface area contributed by atoms with Gasteiger partial charge in [-0.2, -0.15) is 0 Å². The molecule has 0 spiro atoms. The highest BCUT2D eigenvalue weighted by Crippen LogP contribution is 2.43. The third-order valence-electron chi connectivity index (χ3n) is 7.00. The molecule has 1 aliphatic rings.